The van der Waals surface area contributed by atoms with Gasteiger partial charge >= 0.3 is 0 Å². The number of nitrogens with two attached hydrogens (primary N) is 1. The van der Waals surface area contributed by atoms with Crippen LogP contribution >= 0.6 is 0 Å². The number of rotatable bonds is 12. The molecule has 10 nitrogen and oxygen atoms in total. The van der Waals surface area contributed by atoms with E-state index in [1.54, 1.807) is 29.2 Å². The van der Waals surface area contributed by atoms with Gasteiger partial charge in [-0.1, -0.05) is 31.9 Å². The van der Waals surface area contributed by atoms with E-state index < -0.39 is 33.9 Å². The fourth-order valence-corrected chi connectivity index (χ4v) is 6.36. The summed E-state index contributed by atoms with van der Waals surface area (Å²) < 4.78 is 27.8. The maximum Gasteiger partial charge on any atom is 0.248 e. The van der Waals surface area contributed by atoms with E-state index in [9.17, 15) is 22.8 Å². The molecule has 0 bridgehead atoms. The topological polar surface area (TPSA) is 142 Å². The average Bonchev–Trinajstić information content (AvgIpc) is 3.36. The highest BCUT2D eigenvalue weighted by molar-refractivity contribution is 7.92. The molecule has 2 unspecified atom stereocenters. The third kappa shape index (κ3) is 6.72. The van der Waals surface area contributed by atoms with Crippen LogP contribution in [0.3, 0.4) is 0 Å². The molecule has 2 atom stereocenters. The van der Waals surface area contributed by atoms with Crippen molar-refractivity contribution in [1.82, 2.24) is 10.2 Å². The Kier molecular flexibility index (Phi) is 9.50. The van der Waals surface area contributed by atoms with Gasteiger partial charge in [0.25, 0.3) is 0 Å². The monoisotopic (exact) mass is 507 g/mol. The number of fused-ring (bicyclic) bond motifs is 1. The van der Waals surface area contributed by atoms with Crippen LogP contribution in [0.15, 0.2) is 24.3 Å². The van der Waals surface area contributed by atoms with Crippen LogP contribution in [0, 0.1) is 0 Å². The Bertz CT molecular complexity index is 1010. The van der Waals surface area contributed by atoms with Gasteiger partial charge in [-0.25, -0.2) is 8.42 Å². The Hall–Kier alpha value is -2.66. The lowest BCUT2D eigenvalue weighted by Gasteiger charge is -2.37. The van der Waals surface area contributed by atoms with E-state index in [-0.39, 0.29) is 18.1 Å². The van der Waals surface area contributed by atoms with Gasteiger partial charge < -0.3 is 21.3 Å². The molecule has 0 saturated carbocycles. The van der Waals surface area contributed by atoms with Crippen LogP contribution in [0.25, 0.3) is 0 Å². The first kappa shape index (κ1) is 26.9. The first-order valence-corrected chi connectivity index (χ1v) is 14.1. The fraction of sp³-hybridized carbons (Fsp3) is 0.625. The number of para-hydroxylation sites is 2. The largest absolute Gasteiger partial charge is 0.344 e. The molecule has 0 aromatic heterocycles. The number of benzene rings is 1. The maximum absolute atomic E-state index is 13.3. The van der Waals surface area contributed by atoms with Crippen molar-refractivity contribution < 1.29 is 22.8 Å². The molecule has 1 saturated heterocycles. The summed E-state index contributed by atoms with van der Waals surface area (Å²) in [6.45, 7) is 3.66. The van der Waals surface area contributed by atoms with Gasteiger partial charge in [0.05, 0.1) is 23.5 Å². The number of nitrogens with zero attached hydrogens (tertiary/aromatic N) is 2. The van der Waals surface area contributed by atoms with Gasteiger partial charge in [-0.3, -0.25) is 18.7 Å². The molecule has 0 aliphatic carbocycles. The van der Waals surface area contributed by atoms with E-state index in [0.29, 0.717) is 50.3 Å². The van der Waals surface area contributed by atoms with Gasteiger partial charge in [0.1, 0.15) is 12.1 Å². The molecule has 3 rings (SSSR count). The molecular formula is C24H37N5O5S. The van der Waals surface area contributed by atoms with Crippen molar-refractivity contribution in [2.24, 2.45) is 5.73 Å². The normalized spacial score (nSPS) is 18.7. The molecular weight excluding hydrogens is 470 g/mol. The standard InChI is InChI=1S/C24H37N5O5S/c1-2-3-8-16-35(33,34)29-20-12-5-4-10-18(20)27-23(31)21(29)17-22(30)26-19(11-9-13-25)24(32)28-14-6-7-15-28/h4-5,10,12,19,21H,2-3,6-9,11,13-17,25H2,1H3,(H,26,30)(H,27,31). The number of likely N-dealkylation sites (tertiary alicyclic amines) is 1. The van der Waals surface area contributed by atoms with Crippen molar-refractivity contribution in [1.29, 1.82) is 0 Å². The molecule has 11 heteroatoms. The highest BCUT2D eigenvalue weighted by Crippen LogP contribution is 2.35. The second-order valence-electron chi connectivity index (χ2n) is 9.13. The number of sulfonamides is 1. The highest BCUT2D eigenvalue weighted by Gasteiger charge is 2.41. The summed E-state index contributed by atoms with van der Waals surface area (Å²) in [4.78, 5) is 40.8. The van der Waals surface area contributed by atoms with E-state index in [1.807, 2.05) is 6.92 Å². The number of hydrogen-bond acceptors (Lipinski definition) is 6. The number of unbranched alkanes of at least 4 members (excludes halogenated alkanes) is 2. The van der Waals surface area contributed by atoms with Gasteiger partial charge in [0.2, 0.25) is 27.7 Å². The van der Waals surface area contributed by atoms with Crippen molar-refractivity contribution in [2.45, 2.75) is 70.4 Å². The molecule has 2 aliphatic rings. The van der Waals surface area contributed by atoms with Crippen molar-refractivity contribution in [3.63, 3.8) is 0 Å². The first-order valence-electron chi connectivity index (χ1n) is 12.5. The molecule has 1 aromatic carbocycles. The summed E-state index contributed by atoms with van der Waals surface area (Å²) in [5.74, 6) is -1.39. The van der Waals surface area contributed by atoms with Crippen LogP contribution in [0.4, 0.5) is 11.4 Å². The smallest absolute Gasteiger partial charge is 0.248 e. The molecule has 194 valence electrons. The average molecular weight is 508 g/mol. The number of hydrogen-bond donors (Lipinski definition) is 3. The van der Waals surface area contributed by atoms with E-state index in [4.69, 9.17) is 5.73 Å². The molecule has 1 aromatic rings. The van der Waals surface area contributed by atoms with Crippen molar-refractivity contribution in [3.8, 4) is 0 Å². The minimum atomic E-state index is -3.87. The number of carbonyl (C=O) groups is 3. The number of amides is 3. The van der Waals surface area contributed by atoms with Gasteiger partial charge in [-0.2, -0.15) is 0 Å². The lowest BCUT2D eigenvalue weighted by atomic mass is 10.1. The summed E-state index contributed by atoms with van der Waals surface area (Å²) in [5.41, 5.74) is 6.36. The van der Waals surface area contributed by atoms with Crippen LogP contribution in [-0.2, 0) is 24.4 Å². The van der Waals surface area contributed by atoms with Gasteiger partial charge in [0, 0.05) is 13.1 Å². The van der Waals surface area contributed by atoms with Crippen molar-refractivity contribution >= 4 is 39.1 Å². The minimum Gasteiger partial charge on any atom is -0.344 e. The molecule has 1 fully saturated rings. The van der Waals surface area contributed by atoms with E-state index in [1.165, 1.54) is 0 Å². The third-order valence-corrected chi connectivity index (χ3v) is 8.27. The third-order valence-electron chi connectivity index (χ3n) is 6.42. The fourth-order valence-electron chi connectivity index (χ4n) is 4.58. The summed E-state index contributed by atoms with van der Waals surface area (Å²) in [6, 6.07) is 4.67. The highest BCUT2D eigenvalue weighted by atomic mass is 32.2. The second-order valence-corrected chi connectivity index (χ2v) is 11.1. The zero-order valence-corrected chi connectivity index (χ0v) is 21.2. The Morgan fingerprint density at radius 1 is 1.17 bits per heavy atom. The van der Waals surface area contributed by atoms with Crippen LogP contribution in [0.5, 0.6) is 0 Å². The zero-order chi connectivity index (χ0) is 25.4. The molecule has 2 aliphatic heterocycles. The zero-order valence-electron chi connectivity index (χ0n) is 20.4. The Labute approximate surface area is 207 Å². The predicted molar refractivity (Wildman–Crippen MR) is 135 cm³/mol. The van der Waals surface area contributed by atoms with Crippen LogP contribution in [0.2, 0.25) is 0 Å². The van der Waals surface area contributed by atoms with E-state index in [0.717, 1.165) is 30.0 Å². The quantitative estimate of drug-likeness (QED) is 0.367. The van der Waals surface area contributed by atoms with Crippen LogP contribution < -0.4 is 20.7 Å². The maximum atomic E-state index is 13.3. The van der Waals surface area contributed by atoms with E-state index in [2.05, 4.69) is 10.6 Å². The summed E-state index contributed by atoms with van der Waals surface area (Å²) in [5, 5.41) is 5.48. The van der Waals surface area contributed by atoms with Gasteiger partial charge in [-0.15, -0.1) is 0 Å². The Morgan fingerprint density at radius 2 is 1.89 bits per heavy atom. The number of carbonyl (C=O) groups excluding carboxylic acids is 3. The number of anilines is 2. The van der Waals surface area contributed by atoms with Crippen LogP contribution in [0.1, 0.15) is 58.3 Å². The summed E-state index contributed by atoms with van der Waals surface area (Å²) in [7, 11) is -3.87. The van der Waals surface area contributed by atoms with Crippen molar-refractivity contribution in [3.05, 3.63) is 24.3 Å². The molecule has 3 amide bonds. The van der Waals surface area contributed by atoms with Gasteiger partial charge in [0.15, 0.2) is 0 Å². The summed E-state index contributed by atoms with van der Waals surface area (Å²) in [6.07, 6.45) is 4.46. The van der Waals surface area contributed by atoms with E-state index >= 15 is 0 Å². The SMILES string of the molecule is CCCCCS(=O)(=O)N1c2ccccc2NC(=O)C1CC(=O)NC(CCCN)C(=O)N1CCCC1. The molecule has 2 heterocycles. The van der Waals surface area contributed by atoms with Gasteiger partial charge in [-0.05, 0) is 50.8 Å². The molecule has 35 heavy (non-hydrogen) atoms. The Morgan fingerprint density at radius 3 is 2.57 bits per heavy atom. The van der Waals surface area contributed by atoms with Crippen LogP contribution in [-0.4, -0.2) is 68.5 Å². The molecule has 0 spiro atoms. The lowest BCUT2D eigenvalue weighted by Crippen LogP contribution is -2.55. The van der Waals surface area contributed by atoms with Crippen molar-refractivity contribution in [2.75, 3.05) is 35.0 Å². The number of nitrogens with one attached hydrogen (secondary N) is 2. The predicted octanol–water partition coefficient (Wildman–Crippen LogP) is 1.57. The molecule has 0 radical (unpaired) electrons. The lowest BCUT2D eigenvalue weighted by molar-refractivity contribution is -0.136. The minimum absolute atomic E-state index is 0.118. The Balaban J connectivity index is 1.81. The summed E-state index contributed by atoms with van der Waals surface area (Å²) >= 11 is 0. The molecule has 4 N–H and O–H groups in total. The first-order chi connectivity index (χ1) is 16.8. The second kappa shape index (κ2) is 12.3.